The molecule has 0 unspecified atom stereocenters. The van der Waals surface area contributed by atoms with Gasteiger partial charge < -0.3 is 14.7 Å². The van der Waals surface area contributed by atoms with Gasteiger partial charge in [-0.15, -0.1) is 0 Å². The van der Waals surface area contributed by atoms with Crippen LogP contribution in [0.4, 0.5) is 0 Å². The van der Waals surface area contributed by atoms with E-state index >= 15 is 0 Å². The predicted octanol–water partition coefficient (Wildman–Crippen LogP) is 2.19. The number of nitrogens with zero attached hydrogens (tertiary/aromatic N) is 2. The van der Waals surface area contributed by atoms with Gasteiger partial charge in [-0.2, -0.15) is 0 Å². The molecule has 0 radical (unpaired) electrons. The average molecular weight is 354 g/mol. The maximum atomic E-state index is 13.5. The molecular formula is C20H22N2O4. The number of ether oxygens (including phenoxy) is 1. The van der Waals surface area contributed by atoms with Crippen LogP contribution in [0.25, 0.3) is 10.8 Å². The molecule has 0 aliphatic carbocycles. The standard InChI is InChI=1S/C20H22N2O4/c1-21-11-9-20(10-12-21)22(17(13-26-20)19(24)25)18(23)16-8-4-6-14-5-2-3-7-15(14)16/h2-8,17H,9-13H2,1H3,(H,24,25)/t17-/m1/s1. The molecule has 2 fully saturated rings. The lowest BCUT2D eigenvalue weighted by molar-refractivity contribution is -0.143. The van der Waals surface area contributed by atoms with Crippen LogP contribution in [-0.4, -0.2) is 65.3 Å². The van der Waals surface area contributed by atoms with Crippen molar-refractivity contribution in [2.75, 3.05) is 26.7 Å². The number of carboxylic acid groups (broad SMARTS) is 1. The number of likely N-dealkylation sites (tertiary alicyclic amines) is 1. The Balaban J connectivity index is 1.78. The van der Waals surface area contributed by atoms with E-state index in [4.69, 9.17) is 4.74 Å². The van der Waals surface area contributed by atoms with Crippen molar-refractivity contribution in [2.24, 2.45) is 0 Å². The number of hydrogen-bond acceptors (Lipinski definition) is 4. The molecule has 0 aromatic heterocycles. The van der Waals surface area contributed by atoms with Gasteiger partial charge in [0.15, 0.2) is 6.04 Å². The Kier molecular flexibility index (Phi) is 4.17. The average Bonchev–Trinajstić information content (AvgIpc) is 3.02. The van der Waals surface area contributed by atoms with E-state index < -0.39 is 17.7 Å². The minimum absolute atomic E-state index is 0.0373. The highest BCUT2D eigenvalue weighted by atomic mass is 16.5. The SMILES string of the molecule is CN1CCC2(CC1)OC[C@H](C(=O)O)N2C(=O)c1cccc2ccccc12. The van der Waals surface area contributed by atoms with E-state index in [0.717, 1.165) is 23.9 Å². The van der Waals surface area contributed by atoms with Crippen molar-refractivity contribution < 1.29 is 19.4 Å². The minimum atomic E-state index is -1.02. The van der Waals surface area contributed by atoms with Crippen molar-refractivity contribution in [1.82, 2.24) is 9.80 Å². The topological polar surface area (TPSA) is 70.1 Å². The van der Waals surface area contributed by atoms with Crippen LogP contribution < -0.4 is 0 Å². The fraction of sp³-hybridized carbons (Fsp3) is 0.400. The fourth-order valence-electron chi connectivity index (χ4n) is 4.07. The number of carbonyl (C=O) groups excluding carboxylic acids is 1. The van der Waals surface area contributed by atoms with Gasteiger partial charge in [0.2, 0.25) is 0 Å². The van der Waals surface area contributed by atoms with Gasteiger partial charge in [0.25, 0.3) is 5.91 Å². The first-order valence-corrected chi connectivity index (χ1v) is 8.89. The summed E-state index contributed by atoms with van der Waals surface area (Å²) in [6.07, 6.45) is 1.23. The zero-order valence-electron chi connectivity index (χ0n) is 14.7. The van der Waals surface area contributed by atoms with Crippen molar-refractivity contribution in [3.8, 4) is 0 Å². The third kappa shape index (κ3) is 2.66. The van der Waals surface area contributed by atoms with E-state index in [9.17, 15) is 14.7 Å². The number of carbonyl (C=O) groups is 2. The summed E-state index contributed by atoms with van der Waals surface area (Å²) in [5.74, 6) is -1.29. The summed E-state index contributed by atoms with van der Waals surface area (Å²) in [4.78, 5) is 29.0. The van der Waals surface area contributed by atoms with E-state index in [1.165, 1.54) is 4.90 Å². The molecule has 6 heteroatoms. The highest BCUT2D eigenvalue weighted by Gasteiger charge is 2.53. The van der Waals surface area contributed by atoms with Crippen LogP contribution >= 0.6 is 0 Å². The van der Waals surface area contributed by atoms with Crippen LogP contribution in [0.3, 0.4) is 0 Å². The van der Waals surface area contributed by atoms with Crippen LogP contribution in [0, 0.1) is 0 Å². The number of benzene rings is 2. The van der Waals surface area contributed by atoms with E-state index in [1.807, 2.05) is 43.4 Å². The number of aliphatic carboxylic acids is 1. The molecule has 2 aliphatic rings. The minimum Gasteiger partial charge on any atom is -0.480 e. The maximum absolute atomic E-state index is 13.5. The first kappa shape index (κ1) is 17.0. The molecular weight excluding hydrogens is 332 g/mol. The molecule has 26 heavy (non-hydrogen) atoms. The number of amides is 1. The lowest BCUT2D eigenvalue weighted by Crippen LogP contribution is -2.57. The zero-order valence-corrected chi connectivity index (χ0v) is 14.7. The third-order valence-electron chi connectivity index (χ3n) is 5.55. The molecule has 6 nitrogen and oxygen atoms in total. The van der Waals surface area contributed by atoms with Gasteiger partial charge in [-0.25, -0.2) is 4.79 Å². The van der Waals surface area contributed by atoms with Gasteiger partial charge in [0.05, 0.1) is 6.61 Å². The molecule has 2 aromatic rings. The smallest absolute Gasteiger partial charge is 0.328 e. The Hall–Kier alpha value is -2.44. The van der Waals surface area contributed by atoms with Gasteiger partial charge in [0, 0.05) is 31.5 Å². The van der Waals surface area contributed by atoms with Crippen LogP contribution in [0.15, 0.2) is 42.5 Å². The largest absolute Gasteiger partial charge is 0.480 e. The number of hydrogen-bond donors (Lipinski definition) is 1. The van der Waals surface area contributed by atoms with Gasteiger partial charge in [-0.3, -0.25) is 9.69 Å². The van der Waals surface area contributed by atoms with Gasteiger partial charge in [-0.05, 0) is 23.9 Å². The Morgan fingerprint density at radius 2 is 1.81 bits per heavy atom. The number of carboxylic acids is 1. The van der Waals surface area contributed by atoms with Crippen LogP contribution in [0.1, 0.15) is 23.2 Å². The molecule has 1 spiro atoms. The first-order valence-electron chi connectivity index (χ1n) is 8.89. The Bertz CT molecular complexity index is 853. The molecule has 0 saturated carbocycles. The normalized spacial score (nSPS) is 22.8. The van der Waals surface area contributed by atoms with E-state index in [0.29, 0.717) is 18.4 Å². The summed E-state index contributed by atoms with van der Waals surface area (Å²) in [5.41, 5.74) is -0.304. The maximum Gasteiger partial charge on any atom is 0.328 e. The van der Waals surface area contributed by atoms with Crippen molar-refractivity contribution >= 4 is 22.6 Å². The van der Waals surface area contributed by atoms with Crippen molar-refractivity contribution in [3.63, 3.8) is 0 Å². The van der Waals surface area contributed by atoms with Crippen LogP contribution in [0.2, 0.25) is 0 Å². The Morgan fingerprint density at radius 1 is 1.12 bits per heavy atom. The molecule has 1 N–H and O–H groups in total. The van der Waals surface area contributed by atoms with E-state index in [1.54, 1.807) is 6.07 Å². The van der Waals surface area contributed by atoms with E-state index in [2.05, 4.69) is 4.90 Å². The summed E-state index contributed by atoms with van der Waals surface area (Å²) in [6.45, 7) is 1.58. The molecule has 2 aromatic carbocycles. The Morgan fingerprint density at radius 3 is 2.54 bits per heavy atom. The lowest BCUT2D eigenvalue weighted by Gasteiger charge is -2.43. The molecule has 0 bridgehead atoms. The van der Waals surface area contributed by atoms with E-state index in [-0.39, 0.29) is 12.5 Å². The molecule has 4 rings (SSSR count). The lowest BCUT2D eigenvalue weighted by atomic mass is 9.96. The van der Waals surface area contributed by atoms with Gasteiger partial charge in [0.1, 0.15) is 5.72 Å². The van der Waals surface area contributed by atoms with Crippen molar-refractivity contribution in [2.45, 2.75) is 24.6 Å². The molecule has 1 amide bonds. The first-order chi connectivity index (χ1) is 12.5. The molecule has 1 atom stereocenters. The quantitative estimate of drug-likeness (QED) is 0.895. The highest BCUT2D eigenvalue weighted by Crippen LogP contribution is 2.38. The summed E-state index contributed by atoms with van der Waals surface area (Å²) in [5, 5.41) is 11.5. The zero-order chi connectivity index (χ0) is 18.3. The molecule has 2 heterocycles. The summed E-state index contributed by atoms with van der Waals surface area (Å²) < 4.78 is 5.97. The number of piperidine rings is 1. The Labute approximate surface area is 152 Å². The third-order valence-corrected chi connectivity index (χ3v) is 5.55. The summed E-state index contributed by atoms with van der Waals surface area (Å²) >= 11 is 0. The summed E-state index contributed by atoms with van der Waals surface area (Å²) in [6, 6.07) is 12.3. The highest BCUT2D eigenvalue weighted by molar-refractivity contribution is 6.08. The monoisotopic (exact) mass is 354 g/mol. The number of rotatable bonds is 2. The second-order valence-electron chi connectivity index (χ2n) is 7.12. The molecule has 2 saturated heterocycles. The number of fused-ring (bicyclic) bond motifs is 1. The van der Waals surface area contributed by atoms with Crippen molar-refractivity contribution in [3.05, 3.63) is 48.0 Å². The summed E-state index contributed by atoms with van der Waals surface area (Å²) in [7, 11) is 2.02. The van der Waals surface area contributed by atoms with Crippen LogP contribution in [0.5, 0.6) is 0 Å². The molecule has 2 aliphatic heterocycles. The second kappa shape index (κ2) is 6.37. The van der Waals surface area contributed by atoms with Gasteiger partial charge >= 0.3 is 5.97 Å². The van der Waals surface area contributed by atoms with Gasteiger partial charge in [-0.1, -0.05) is 36.4 Å². The van der Waals surface area contributed by atoms with Crippen molar-refractivity contribution in [1.29, 1.82) is 0 Å². The fourth-order valence-corrected chi connectivity index (χ4v) is 4.07. The second-order valence-corrected chi connectivity index (χ2v) is 7.12. The molecule has 136 valence electrons. The predicted molar refractivity (Wildman–Crippen MR) is 97.0 cm³/mol. The van der Waals surface area contributed by atoms with Crippen LogP contribution in [-0.2, 0) is 9.53 Å².